The third kappa shape index (κ3) is 2.51. The van der Waals surface area contributed by atoms with Gasteiger partial charge in [0.25, 0.3) is 0 Å². The summed E-state index contributed by atoms with van der Waals surface area (Å²) in [7, 11) is 0. The highest BCUT2D eigenvalue weighted by Gasteiger charge is 2.08. The van der Waals surface area contributed by atoms with E-state index in [2.05, 4.69) is 6.07 Å². The maximum Gasteiger partial charge on any atom is 0.126 e. The Bertz CT molecular complexity index is 594. The molecule has 2 heteroatoms. The number of rotatable bonds is 1. The topological polar surface area (TPSA) is 23.8 Å². The second-order valence-corrected chi connectivity index (χ2v) is 3.87. The Morgan fingerprint density at radius 3 is 2.44 bits per heavy atom. The minimum atomic E-state index is -0.188. The first-order valence-electron chi connectivity index (χ1n) is 6.29. The van der Waals surface area contributed by atoms with Gasteiger partial charge in [0, 0.05) is 0 Å². The van der Waals surface area contributed by atoms with Crippen LogP contribution < -0.4 is 0 Å². The summed E-state index contributed by atoms with van der Waals surface area (Å²) in [5, 5.41) is 10.8. The van der Waals surface area contributed by atoms with Crippen LogP contribution in [0.15, 0.2) is 24.3 Å². The summed E-state index contributed by atoms with van der Waals surface area (Å²) < 4.78 is 13.5. The molecule has 0 aliphatic heterocycles. The molecule has 2 aromatic carbocycles. The van der Waals surface area contributed by atoms with E-state index in [1.54, 1.807) is 19.1 Å². The fraction of sp³-hybridized carbons (Fsp3) is 0.312. The molecule has 0 unspecified atom stereocenters. The highest BCUT2D eigenvalue weighted by atomic mass is 19.1. The number of nitriles is 1. The third-order valence-electron chi connectivity index (χ3n) is 2.90. The van der Waals surface area contributed by atoms with Crippen molar-refractivity contribution in [3.05, 3.63) is 46.8 Å². The van der Waals surface area contributed by atoms with Gasteiger partial charge in [-0.3, -0.25) is 0 Å². The van der Waals surface area contributed by atoms with Crippen LogP contribution in [0.25, 0.3) is 10.8 Å². The molecule has 18 heavy (non-hydrogen) atoms. The second-order valence-electron chi connectivity index (χ2n) is 3.87. The molecule has 0 aromatic heterocycles. The van der Waals surface area contributed by atoms with Gasteiger partial charge in [-0.25, -0.2) is 4.39 Å². The van der Waals surface area contributed by atoms with Crippen molar-refractivity contribution in [3.8, 4) is 6.07 Å². The Labute approximate surface area is 108 Å². The maximum atomic E-state index is 13.5. The largest absolute Gasteiger partial charge is 0.207 e. The molecule has 0 radical (unpaired) electrons. The van der Waals surface area contributed by atoms with E-state index < -0.39 is 0 Å². The van der Waals surface area contributed by atoms with Crippen LogP contribution in [0.5, 0.6) is 0 Å². The Kier molecular flexibility index (Phi) is 4.85. The SMILES string of the molecule is CC.CCc1cc(C#N)cc2ccc(F)c(C)c12. The fourth-order valence-corrected chi connectivity index (χ4v) is 2.07. The van der Waals surface area contributed by atoms with Crippen molar-refractivity contribution >= 4 is 10.8 Å². The minimum absolute atomic E-state index is 0.188. The van der Waals surface area contributed by atoms with Crippen LogP contribution in [0.2, 0.25) is 0 Å². The van der Waals surface area contributed by atoms with Crippen molar-refractivity contribution in [2.24, 2.45) is 0 Å². The first-order chi connectivity index (χ1) is 8.67. The van der Waals surface area contributed by atoms with Crippen LogP contribution in [-0.2, 0) is 6.42 Å². The zero-order valence-electron chi connectivity index (χ0n) is 11.3. The van der Waals surface area contributed by atoms with Crippen molar-refractivity contribution in [1.82, 2.24) is 0 Å². The van der Waals surface area contributed by atoms with E-state index in [0.29, 0.717) is 11.1 Å². The third-order valence-corrected chi connectivity index (χ3v) is 2.90. The summed E-state index contributed by atoms with van der Waals surface area (Å²) in [6.45, 7) is 7.79. The van der Waals surface area contributed by atoms with E-state index in [1.165, 1.54) is 6.07 Å². The number of nitrogens with zero attached hydrogens (tertiary/aromatic N) is 1. The van der Waals surface area contributed by atoms with Gasteiger partial charge in [0.1, 0.15) is 5.82 Å². The summed E-state index contributed by atoms with van der Waals surface area (Å²) >= 11 is 0. The Hall–Kier alpha value is -1.88. The predicted molar refractivity (Wildman–Crippen MR) is 74.1 cm³/mol. The number of hydrogen-bond donors (Lipinski definition) is 0. The summed E-state index contributed by atoms with van der Waals surface area (Å²) in [5.41, 5.74) is 2.33. The Morgan fingerprint density at radius 2 is 1.89 bits per heavy atom. The zero-order valence-corrected chi connectivity index (χ0v) is 11.3. The van der Waals surface area contributed by atoms with Gasteiger partial charge in [0.15, 0.2) is 0 Å². The number of aryl methyl sites for hydroxylation is 2. The molecular formula is C16H18FN. The van der Waals surface area contributed by atoms with Crippen molar-refractivity contribution in [2.45, 2.75) is 34.1 Å². The minimum Gasteiger partial charge on any atom is -0.207 e. The van der Waals surface area contributed by atoms with E-state index in [1.807, 2.05) is 26.8 Å². The lowest BCUT2D eigenvalue weighted by Crippen LogP contribution is -1.92. The van der Waals surface area contributed by atoms with Gasteiger partial charge in [-0.2, -0.15) is 5.26 Å². The molecular weight excluding hydrogens is 225 g/mol. The molecule has 0 amide bonds. The van der Waals surface area contributed by atoms with Crippen LogP contribution in [0.4, 0.5) is 4.39 Å². The molecule has 0 N–H and O–H groups in total. The molecule has 0 atom stereocenters. The summed E-state index contributed by atoms with van der Waals surface area (Å²) in [5.74, 6) is -0.188. The van der Waals surface area contributed by atoms with E-state index in [9.17, 15) is 4.39 Å². The van der Waals surface area contributed by atoms with Gasteiger partial charge in [-0.15, -0.1) is 0 Å². The van der Waals surface area contributed by atoms with Crippen molar-refractivity contribution in [1.29, 1.82) is 5.26 Å². The molecule has 0 fully saturated rings. The van der Waals surface area contributed by atoms with E-state index in [-0.39, 0.29) is 5.82 Å². The number of fused-ring (bicyclic) bond motifs is 1. The summed E-state index contributed by atoms with van der Waals surface area (Å²) in [6.07, 6.45) is 0.802. The van der Waals surface area contributed by atoms with Crippen molar-refractivity contribution < 1.29 is 4.39 Å². The average Bonchev–Trinajstić information content (AvgIpc) is 2.43. The van der Waals surface area contributed by atoms with Crippen LogP contribution in [0, 0.1) is 24.1 Å². The first kappa shape index (κ1) is 14.2. The zero-order chi connectivity index (χ0) is 13.7. The quantitative estimate of drug-likeness (QED) is 0.709. The lowest BCUT2D eigenvalue weighted by Gasteiger charge is -2.09. The maximum absolute atomic E-state index is 13.5. The number of hydrogen-bond acceptors (Lipinski definition) is 1. The molecule has 0 spiro atoms. The fourth-order valence-electron chi connectivity index (χ4n) is 2.07. The lowest BCUT2D eigenvalue weighted by atomic mass is 9.96. The number of benzene rings is 2. The second kappa shape index (κ2) is 6.16. The normalized spacial score (nSPS) is 9.56. The molecule has 94 valence electrons. The Balaban J connectivity index is 0.000000771. The molecule has 2 aromatic rings. The highest BCUT2D eigenvalue weighted by Crippen LogP contribution is 2.26. The van der Waals surface area contributed by atoms with Gasteiger partial charge < -0.3 is 0 Å². The number of halogens is 1. The van der Waals surface area contributed by atoms with E-state index in [0.717, 1.165) is 22.8 Å². The van der Waals surface area contributed by atoms with Gasteiger partial charge >= 0.3 is 0 Å². The van der Waals surface area contributed by atoms with E-state index >= 15 is 0 Å². The molecule has 0 aliphatic carbocycles. The summed E-state index contributed by atoms with van der Waals surface area (Å²) in [6, 6.07) is 8.97. The summed E-state index contributed by atoms with van der Waals surface area (Å²) in [4.78, 5) is 0. The molecule has 0 heterocycles. The standard InChI is InChI=1S/C14H12FN.C2H6/c1-3-11-6-10(8-16)7-12-4-5-13(15)9(2)14(11)12;1-2/h4-7H,3H2,1-2H3;1-2H3. The Morgan fingerprint density at radius 1 is 1.22 bits per heavy atom. The smallest absolute Gasteiger partial charge is 0.126 e. The van der Waals surface area contributed by atoms with Gasteiger partial charge in [0.2, 0.25) is 0 Å². The van der Waals surface area contributed by atoms with Crippen LogP contribution in [-0.4, -0.2) is 0 Å². The van der Waals surface area contributed by atoms with E-state index in [4.69, 9.17) is 5.26 Å². The molecule has 0 aliphatic rings. The van der Waals surface area contributed by atoms with Crippen LogP contribution >= 0.6 is 0 Å². The molecule has 2 rings (SSSR count). The molecule has 1 nitrogen and oxygen atoms in total. The predicted octanol–water partition coefficient (Wildman–Crippen LogP) is 4.75. The van der Waals surface area contributed by atoms with Crippen LogP contribution in [0.3, 0.4) is 0 Å². The molecule has 0 saturated heterocycles. The molecule has 0 bridgehead atoms. The molecule has 0 saturated carbocycles. The van der Waals surface area contributed by atoms with Crippen LogP contribution in [0.1, 0.15) is 37.5 Å². The van der Waals surface area contributed by atoms with Crippen molar-refractivity contribution in [2.75, 3.05) is 0 Å². The highest BCUT2D eigenvalue weighted by molar-refractivity contribution is 5.90. The first-order valence-corrected chi connectivity index (χ1v) is 6.29. The average molecular weight is 243 g/mol. The monoisotopic (exact) mass is 243 g/mol. The van der Waals surface area contributed by atoms with Gasteiger partial charge in [0.05, 0.1) is 11.6 Å². The lowest BCUT2D eigenvalue weighted by molar-refractivity contribution is 0.621. The van der Waals surface area contributed by atoms with Gasteiger partial charge in [-0.05, 0) is 53.4 Å². The van der Waals surface area contributed by atoms with Gasteiger partial charge in [-0.1, -0.05) is 26.8 Å². The van der Waals surface area contributed by atoms with Crippen molar-refractivity contribution in [3.63, 3.8) is 0 Å².